The second-order valence-corrected chi connectivity index (χ2v) is 6.60. The normalized spacial score (nSPS) is 17.7. The molecule has 0 fully saturated rings. The number of nitrogens with one attached hydrogen (secondary N) is 1. The highest BCUT2D eigenvalue weighted by molar-refractivity contribution is 5.87. The maximum atomic E-state index is 12.4. The molecule has 1 aliphatic heterocycles. The molecule has 0 bridgehead atoms. The summed E-state index contributed by atoms with van der Waals surface area (Å²) in [6, 6.07) is 4.26. The van der Waals surface area contributed by atoms with E-state index in [4.69, 9.17) is 9.15 Å². The van der Waals surface area contributed by atoms with Crippen LogP contribution in [0.25, 0.3) is 11.0 Å². The van der Waals surface area contributed by atoms with E-state index in [1.165, 1.54) is 12.0 Å². The van der Waals surface area contributed by atoms with Crippen LogP contribution in [0.3, 0.4) is 0 Å². The molecule has 134 valence electrons. The Morgan fingerprint density at radius 1 is 1.40 bits per heavy atom. The van der Waals surface area contributed by atoms with Crippen LogP contribution in [0, 0.1) is 6.92 Å². The van der Waals surface area contributed by atoms with Crippen LogP contribution in [0.2, 0.25) is 0 Å². The summed E-state index contributed by atoms with van der Waals surface area (Å²) in [5, 5.41) is 0.839. The van der Waals surface area contributed by atoms with Gasteiger partial charge in [-0.15, -0.1) is 0 Å². The van der Waals surface area contributed by atoms with E-state index in [9.17, 15) is 9.59 Å². The van der Waals surface area contributed by atoms with Crippen molar-refractivity contribution in [1.82, 2.24) is 0 Å². The van der Waals surface area contributed by atoms with E-state index in [-0.39, 0.29) is 6.42 Å². The van der Waals surface area contributed by atoms with Crippen LogP contribution < -0.4 is 15.3 Å². The van der Waals surface area contributed by atoms with Crippen molar-refractivity contribution in [3.05, 3.63) is 39.2 Å². The monoisotopic (exact) mass is 346 g/mol. The minimum atomic E-state index is -0.487. The molecule has 1 N–H and O–H groups in total. The van der Waals surface area contributed by atoms with Crippen molar-refractivity contribution in [3.8, 4) is 5.75 Å². The van der Waals surface area contributed by atoms with Crippen molar-refractivity contribution in [2.24, 2.45) is 0 Å². The lowest BCUT2D eigenvalue weighted by atomic mass is 10.00. The molecule has 2 aromatic rings. The fourth-order valence-corrected chi connectivity index (χ4v) is 3.27. The van der Waals surface area contributed by atoms with Gasteiger partial charge in [-0.2, -0.15) is 0 Å². The predicted octanol–water partition coefficient (Wildman–Crippen LogP) is 1.35. The SMILES string of the molecule is CC[C@@H](C)[NH+]1COc2ccc3c(C)c(CC(=O)OC)c(=O)oc3c2C1. The van der Waals surface area contributed by atoms with Crippen molar-refractivity contribution < 1.29 is 23.6 Å². The molecule has 0 saturated carbocycles. The van der Waals surface area contributed by atoms with Crippen molar-refractivity contribution in [2.45, 2.75) is 46.2 Å². The number of hydrogen-bond acceptors (Lipinski definition) is 5. The fraction of sp³-hybridized carbons (Fsp3) is 0.474. The number of esters is 1. The van der Waals surface area contributed by atoms with Gasteiger partial charge in [-0.25, -0.2) is 4.79 Å². The Morgan fingerprint density at radius 3 is 2.84 bits per heavy atom. The van der Waals surface area contributed by atoms with E-state index in [2.05, 4.69) is 18.6 Å². The molecule has 1 aromatic carbocycles. The first-order valence-electron chi connectivity index (χ1n) is 8.58. The maximum absolute atomic E-state index is 12.4. The first-order chi connectivity index (χ1) is 12.0. The fourth-order valence-electron chi connectivity index (χ4n) is 3.27. The predicted molar refractivity (Wildman–Crippen MR) is 92.9 cm³/mol. The zero-order chi connectivity index (χ0) is 18.1. The molecule has 6 nitrogen and oxygen atoms in total. The van der Waals surface area contributed by atoms with Crippen molar-refractivity contribution >= 4 is 16.9 Å². The van der Waals surface area contributed by atoms with Gasteiger partial charge in [-0.05, 0) is 38.0 Å². The first kappa shape index (κ1) is 17.5. The standard InChI is InChI=1S/C19H23NO5/c1-5-11(2)20-9-15-16(24-10-20)7-6-13-12(3)14(8-17(21)23-4)19(22)25-18(13)15/h6-7,11H,5,8-10H2,1-4H3/p+1/t11-/m1/s1. The molecule has 0 saturated heterocycles. The van der Waals surface area contributed by atoms with E-state index in [1.807, 2.05) is 19.1 Å². The lowest BCUT2D eigenvalue weighted by Gasteiger charge is -2.30. The number of fused-ring (bicyclic) bond motifs is 3. The van der Waals surface area contributed by atoms with Gasteiger partial charge in [0, 0.05) is 5.39 Å². The molecule has 0 radical (unpaired) electrons. The van der Waals surface area contributed by atoms with E-state index >= 15 is 0 Å². The summed E-state index contributed by atoms with van der Waals surface area (Å²) < 4.78 is 16.2. The molecule has 6 heteroatoms. The highest BCUT2D eigenvalue weighted by atomic mass is 16.5. The lowest BCUT2D eigenvalue weighted by Crippen LogP contribution is -3.15. The minimum absolute atomic E-state index is 0.0849. The number of carbonyl (C=O) groups is 1. The van der Waals surface area contributed by atoms with Gasteiger partial charge < -0.3 is 13.9 Å². The van der Waals surface area contributed by atoms with E-state index in [1.54, 1.807) is 0 Å². The zero-order valence-corrected chi connectivity index (χ0v) is 15.1. The highest BCUT2D eigenvalue weighted by Crippen LogP contribution is 2.31. The van der Waals surface area contributed by atoms with Gasteiger partial charge in [0.05, 0.1) is 30.7 Å². The van der Waals surface area contributed by atoms with Gasteiger partial charge in [0.15, 0.2) is 5.58 Å². The van der Waals surface area contributed by atoms with Crippen LogP contribution in [0.4, 0.5) is 0 Å². The molecule has 25 heavy (non-hydrogen) atoms. The number of quaternary nitrogens is 1. The van der Waals surface area contributed by atoms with E-state index < -0.39 is 11.6 Å². The Hall–Kier alpha value is -2.34. The largest absolute Gasteiger partial charge is 0.469 e. The third kappa shape index (κ3) is 3.14. The van der Waals surface area contributed by atoms with Gasteiger partial charge in [0.25, 0.3) is 0 Å². The number of rotatable bonds is 4. The van der Waals surface area contributed by atoms with Gasteiger partial charge in [-0.1, -0.05) is 6.92 Å². The van der Waals surface area contributed by atoms with Gasteiger partial charge in [0.2, 0.25) is 6.73 Å². The molecule has 3 rings (SSSR count). The maximum Gasteiger partial charge on any atom is 0.340 e. The van der Waals surface area contributed by atoms with Gasteiger partial charge in [0.1, 0.15) is 12.3 Å². The molecule has 0 amide bonds. The summed E-state index contributed by atoms with van der Waals surface area (Å²) in [5.74, 6) is 0.311. The van der Waals surface area contributed by atoms with Crippen LogP contribution in [-0.4, -0.2) is 25.9 Å². The molecule has 0 aliphatic carbocycles. The van der Waals surface area contributed by atoms with E-state index in [0.29, 0.717) is 23.9 Å². The summed E-state index contributed by atoms with van der Waals surface area (Å²) in [5.41, 5.74) is 2.11. The lowest BCUT2D eigenvalue weighted by molar-refractivity contribution is -0.954. The second-order valence-electron chi connectivity index (χ2n) is 6.60. The van der Waals surface area contributed by atoms with Crippen LogP contribution in [0.5, 0.6) is 5.75 Å². The Labute approximate surface area is 146 Å². The molecule has 2 atom stereocenters. The van der Waals surface area contributed by atoms with Gasteiger partial charge in [-0.3, -0.25) is 9.69 Å². The summed E-state index contributed by atoms with van der Waals surface area (Å²) >= 11 is 0. The van der Waals surface area contributed by atoms with Crippen molar-refractivity contribution in [3.63, 3.8) is 0 Å². The Morgan fingerprint density at radius 2 is 2.16 bits per heavy atom. The third-order valence-electron chi connectivity index (χ3n) is 5.19. The summed E-state index contributed by atoms with van der Waals surface area (Å²) in [6.45, 7) is 7.54. The van der Waals surface area contributed by atoms with Crippen LogP contribution in [0.1, 0.15) is 37.0 Å². The van der Waals surface area contributed by atoms with Gasteiger partial charge >= 0.3 is 11.6 Å². The van der Waals surface area contributed by atoms with Crippen LogP contribution >= 0.6 is 0 Å². The molecule has 0 spiro atoms. The van der Waals surface area contributed by atoms with E-state index in [0.717, 1.165) is 35.2 Å². The molecular weight excluding hydrogens is 322 g/mol. The summed E-state index contributed by atoms with van der Waals surface area (Å²) in [7, 11) is 1.31. The third-order valence-corrected chi connectivity index (χ3v) is 5.19. The number of aryl methyl sites for hydroxylation is 1. The Kier molecular flexibility index (Phi) is 4.81. The van der Waals surface area contributed by atoms with Crippen LogP contribution in [0.15, 0.2) is 21.3 Å². The second kappa shape index (κ2) is 6.88. The molecular formula is C19H24NO5+. The molecule has 1 unspecified atom stereocenters. The number of benzene rings is 1. The topological polar surface area (TPSA) is 70.2 Å². The summed E-state index contributed by atoms with van der Waals surface area (Å²) in [4.78, 5) is 25.3. The molecule has 2 heterocycles. The smallest absolute Gasteiger partial charge is 0.340 e. The number of carbonyl (C=O) groups excluding carboxylic acids is 1. The van der Waals surface area contributed by atoms with Crippen molar-refractivity contribution in [2.75, 3.05) is 13.8 Å². The Balaban J connectivity index is 2.12. The first-order valence-corrected chi connectivity index (χ1v) is 8.58. The average Bonchev–Trinajstić information content (AvgIpc) is 2.63. The Bertz CT molecular complexity index is 870. The van der Waals surface area contributed by atoms with Crippen molar-refractivity contribution in [1.29, 1.82) is 0 Å². The average molecular weight is 346 g/mol. The number of ether oxygens (including phenoxy) is 2. The summed E-state index contributed by atoms with van der Waals surface area (Å²) in [6.07, 6.45) is 0.962. The zero-order valence-electron chi connectivity index (χ0n) is 15.1. The number of hydrogen-bond donors (Lipinski definition) is 1. The minimum Gasteiger partial charge on any atom is -0.469 e. The highest BCUT2D eigenvalue weighted by Gasteiger charge is 2.28. The quantitative estimate of drug-likeness (QED) is 0.668. The number of methoxy groups -OCH3 is 1. The van der Waals surface area contributed by atoms with Crippen LogP contribution in [-0.2, 0) is 22.5 Å². The molecule has 1 aliphatic rings. The molecule has 1 aromatic heterocycles.